The van der Waals surface area contributed by atoms with Gasteiger partial charge in [-0.2, -0.15) is 10.5 Å². The van der Waals surface area contributed by atoms with E-state index in [2.05, 4.69) is 0 Å². The van der Waals surface area contributed by atoms with Crippen LogP contribution in [0.25, 0.3) is 0 Å². The molecule has 40 heavy (non-hydrogen) atoms. The molecule has 6 nitrogen and oxygen atoms in total. The van der Waals surface area contributed by atoms with Gasteiger partial charge in [-0.15, -0.1) is 0 Å². The van der Waals surface area contributed by atoms with Crippen LogP contribution in [0.2, 0.25) is 0 Å². The van der Waals surface area contributed by atoms with Crippen molar-refractivity contribution < 1.29 is 27.8 Å². The zero-order valence-corrected chi connectivity index (χ0v) is 23.6. The van der Waals surface area contributed by atoms with Gasteiger partial charge in [0, 0.05) is 9.79 Å². The first-order valence-corrected chi connectivity index (χ1v) is 14.2. The predicted octanol–water partition coefficient (Wildman–Crippen LogP) is 7.92. The van der Waals surface area contributed by atoms with Crippen LogP contribution in [-0.2, 0) is 9.47 Å². The van der Waals surface area contributed by atoms with E-state index < -0.39 is 34.7 Å². The first kappa shape index (κ1) is 30.7. The molecule has 0 radical (unpaired) electrons. The molecule has 3 rings (SSSR count). The summed E-state index contributed by atoms with van der Waals surface area (Å²) in [4.78, 5) is 25.4. The Morgan fingerprint density at radius 1 is 0.725 bits per heavy atom. The van der Waals surface area contributed by atoms with E-state index in [0.717, 1.165) is 36.4 Å². The Hall–Kier alpha value is -3.86. The fourth-order valence-electron chi connectivity index (χ4n) is 3.48. The highest BCUT2D eigenvalue weighted by molar-refractivity contribution is 8.02. The van der Waals surface area contributed by atoms with Crippen LogP contribution >= 0.6 is 23.5 Å². The second kappa shape index (κ2) is 15.1. The average molecular weight is 581 g/mol. The SMILES string of the molecule is CCCCOC(=O)c1ccccc1Sc1c(F)c(C#N)c(C#N)c(F)c1Sc1ccccc1C(=O)OCCCC. The number of benzene rings is 3. The topological polar surface area (TPSA) is 100 Å². The molecular formula is C30H26F2N2O4S2. The number of halogens is 2. The van der Waals surface area contributed by atoms with E-state index in [4.69, 9.17) is 9.47 Å². The van der Waals surface area contributed by atoms with Crippen LogP contribution in [0.1, 0.15) is 71.4 Å². The number of hydrogen-bond acceptors (Lipinski definition) is 8. The molecule has 0 amide bonds. The van der Waals surface area contributed by atoms with Crippen LogP contribution < -0.4 is 0 Å². The maximum absolute atomic E-state index is 15.8. The van der Waals surface area contributed by atoms with Crippen molar-refractivity contribution in [3.63, 3.8) is 0 Å². The summed E-state index contributed by atoms with van der Waals surface area (Å²) in [6, 6.07) is 15.8. The first-order valence-electron chi connectivity index (χ1n) is 12.6. The van der Waals surface area contributed by atoms with Crippen molar-refractivity contribution in [2.24, 2.45) is 0 Å². The Bertz CT molecular complexity index is 1370. The largest absolute Gasteiger partial charge is 0.462 e. The molecule has 0 saturated heterocycles. The predicted molar refractivity (Wildman–Crippen MR) is 147 cm³/mol. The summed E-state index contributed by atoms with van der Waals surface area (Å²) in [6.45, 7) is 4.32. The Labute approximate surface area is 240 Å². The standard InChI is InChI=1S/C30H26F2N2O4S2/c1-3-5-15-37-29(35)19-11-7-9-13-23(19)39-27-25(31)21(17-33)22(18-34)26(32)28(27)40-24-14-10-8-12-20(24)30(36)38-16-6-4-2/h7-14H,3-6,15-16H2,1-2H3. The van der Waals surface area contributed by atoms with Crippen molar-refractivity contribution in [2.75, 3.05) is 13.2 Å². The molecular weight excluding hydrogens is 554 g/mol. The summed E-state index contributed by atoms with van der Waals surface area (Å²) < 4.78 is 42.3. The van der Waals surface area contributed by atoms with Gasteiger partial charge in [-0.3, -0.25) is 0 Å². The van der Waals surface area contributed by atoms with Gasteiger partial charge in [0.1, 0.15) is 23.3 Å². The highest BCUT2D eigenvalue weighted by Gasteiger charge is 2.28. The number of unbranched alkanes of at least 4 members (excludes halogenated alkanes) is 2. The lowest BCUT2D eigenvalue weighted by Crippen LogP contribution is -2.09. The van der Waals surface area contributed by atoms with Crippen molar-refractivity contribution in [2.45, 2.75) is 59.1 Å². The number of hydrogen-bond donors (Lipinski definition) is 0. The van der Waals surface area contributed by atoms with Gasteiger partial charge in [-0.05, 0) is 37.1 Å². The minimum atomic E-state index is -1.11. The number of ether oxygens (including phenoxy) is 2. The smallest absolute Gasteiger partial charge is 0.339 e. The summed E-state index contributed by atoms with van der Waals surface area (Å²) in [5, 5.41) is 19.1. The van der Waals surface area contributed by atoms with E-state index in [-0.39, 0.29) is 43.9 Å². The number of carbonyl (C=O) groups excluding carboxylic acids is 2. The van der Waals surface area contributed by atoms with Crippen LogP contribution in [0.5, 0.6) is 0 Å². The van der Waals surface area contributed by atoms with E-state index in [1.165, 1.54) is 12.1 Å². The van der Waals surface area contributed by atoms with Crippen molar-refractivity contribution in [3.8, 4) is 12.1 Å². The fourth-order valence-corrected chi connectivity index (χ4v) is 5.73. The second-order valence-corrected chi connectivity index (χ2v) is 10.5. The average Bonchev–Trinajstić information content (AvgIpc) is 2.97. The van der Waals surface area contributed by atoms with Gasteiger partial charge >= 0.3 is 11.9 Å². The normalized spacial score (nSPS) is 10.4. The minimum Gasteiger partial charge on any atom is -0.462 e. The summed E-state index contributed by atoms with van der Waals surface area (Å²) in [7, 11) is 0. The molecule has 3 aromatic carbocycles. The van der Waals surface area contributed by atoms with E-state index in [1.54, 1.807) is 48.5 Å². The number of carbonyl (C=O) groups is 2. The lowest BCUT2D eigenvalue weighted by Gasteiger charge is -2.16. The van der Waals surface area contributed by atoms with Gasteiger partial charge in [0.25, 0.3) is 0 Å². The van der Waals surface area contributed by atoms with Crippen molar-refractivity contribution in [3.05, 3.63) is 82.4 Å². The maximum atomic E-state index is 15.8. The van der Waals surface area contributed by atoms with Gasteiger partial charge in [0.15, 0.2) is 11.6 Å². The highest BCUT2D eigenvalue weighted by Crippen LogP contribution is 2.45. The monoisotopic (exact) mass is 580 g/mol. The fraction of sp³-hybridized carbons (Fsp3) is 0.267. The van der Waals surface area contributed by atoms with Crippen LogP contribution in [0.15, 0.2) is 68.1 Å². The Morgan fingerprint density at radius 2 is 1.10 bits per heavy atom. The van der Waals surface area contributed by atoms with Crippen LogP contribution in [-0.4, -0.2) is 25.2 Å². The van der Waals surface area contributed by atoms with Crippen LogP contribution in [0.3, 0.4) is 0 Å². The van der Waals surface area contributed by atoms with Crippen molar-refractivity contribution in [1.82, 2.24) is 0 Å². The summed E-state index contributed by atoms with van der Waals surface area (Å²) in [6.07, 6.45) is 2.99. The molecule has 0 aliphatic carbocycles. The van der Waals surface area contributed by atoms with Crippen molar-refractivity contribution in [1.29, 1.82) is 10.5 Å². The molecule has 0 heterocycles. The lowest BCUT2D eigenvalue weighted by molar-refractivity contribution is 0.0486. The molecule has 0 aliphatic heterocycles. The third kappa shape index (κ3) is 7.20. The molecule has 0 fully saturated rings. The molecule has 0 spiro atoms. The van der Waals surface area contributed by atoms with Gasteiger partial charge in [-0.1, -0.05) is 74.5 Å². The van der Waals surface area contributed by atoms with Crippen molar-refractivity contribution >= 4 is 35.5 Å². The third-order valence-electron chi connectivity index (χ3n) is 5.62. The Morgan fingerprint density at radius 3 is 1.45 bits per heavy atom. The highest BCUT2D eigenvalue weighted by atomic mass is 32.2. The molecule has 0 atom stereocenters. The van der Waals surface area contributed by atoms with Gasteiger partial charge < -0.3 is 9.47 Å². The van der Waals surface area contributed by atoms with E-state index in [1.807, 2.05) is 13.8 Å². The number of rotatable bonds is 12. The van der Waals surface area contributed by atoms with E-state index in [9.17, 15) is 20.1 Å². The second-order valence-electron chi connectivity index (χ2n) is 8.44. The zero-order valence-electron chi connectivity index (χ0n) is 22.0. The van der Waals surface area contributed by atoms with Gasteiger partial charge in [0.05, 0.1) is 34.1 Å². The van der Waals surface area contributed by atoms with Gasteiger partial charge in [0.2, 0.25) is 0 Å². The molecule has 0 aliphatic rings. The Kier molecular flexibility index (Phi) is 11.6. The lowest BCUT2D eigenvalue weighted by atomic mass is 10.1. The first-order chi connectivity index (χ1) is 19.4. The molecule has 0 N–H and O–H groups in total. The van der Waals surface area contributed by atoms with E-state index in [0.29, 0.717) is 12.8 Å². The minimum absolute atomic E-state index is 0.141. The van der Waals surface area contributed by atoms with Crippen LogP contribution in [0, 0.1) is 34.3 Å². The van der Waals surface area contributed by atoms with Crippen LogP contribution in [0.4, 0.5) is 8.78 Å². The number of nitrogens with zero attached hydrogens (tertiary/aromatic N) is 2. The molecule has 0 unspecified atom stereocenters. The molecule has 3 aromatic rings. The molecule has 10 heteroatoms. The molecule has 0 saturated carbocycles. The summed E-state index contributed by atoms with van der Waals surface area (Å²) in [5.74, 6) is -3.46. The molecule has 0 bridgehead atoms. The molecule has 206 valence electrons. The maximum Gasteiger partial charge on any atom is 0.339 e. The summed E-state index contributed by atoms with van der Waals surface area (Å²) >= 11 is 1.47. The summed E-state index contributed by atoms with van der Waals surface area (Å²) in [5.41, 5.74) is -1.21. The Balaban J connectivity index is 2.12. The number of nitriles is 2. The van der Waals surface area contributed by atoms with Gasteiger partial charge in [-0.25, -0.2) is 18.4 Å². The molecule has 0 aromatic heterocycles. The third-order valence-corrected chi connectivity index (χ3v) is 8.07. The quantitative estimate of drug-likeness (QED) is 0.157. The number of esters is 2. The zero-order chi connectivity index (χ0) is 29.1. The van der Waals surface area contributed by atoms with E-state index >= 15 is 8.78 Å².